The van der Waals surface area contributed by atoms with Crippen molar-refractivity contribution in [2.75, 3.05) is 0 Å². The number of Topliss-reactive ketones (excluding diaryl/α,β-unsaturated/α-hetero) is 2. The van der Waals surface area contributed by atoms with Crippen LogP contribution in [-0.2, 0) is 41.6 Å². The van der Waals surface area contributed by atoms with Gasteiger partial charge in [-0.25, -0.2) is 13.2 Å². The molecule has 0 unspecified atom stereocenters. The second-order valence-corrected chi connectivity index (χ2v) is 10.2. The molecule has 1 aliphatic rings. The average molecular weight is 601 g/mol. The van der Waals surface area contributed by atoms with E-state index in [0.29, 0.717) is 17.2 Å². The molecule has 0 radical (unpaired) electrons. The summed E-state index contributed by atoms with van der Waals surface area (Å²) < 4.78 is 83.9. The van der Waals surface area contributed by atoms with Crippen molar-refractivity contribution in [2.45, 2.75) is 44.3 Å². The molecular formula is C30H22F6N4O3. The van der Waals surface area contributed by atoms with Gasteiger partial charge in [0.05, 0.1) is 23.5 Å². The van der Waals surface area contributed by atoms with Crippen LogP contribution in [0, 0.1) is 17.5 Å². The number of nitrogens with two attached hydrogens (primary N) is 1. The minimum absolute atomic E-state index is 0.0123. The summed E-state index contributed by atoms with van der Waals surface area (Å²) in [5, 5.41) is 3.59. The summed E-state index contributed by atoms with van der Waals surface area (Å²) in [6.07, 6.45) is -4.62. The molecule has 1 atom stereocenters. The molecule has 2 heterocycles. The predicted molar refractivity (Wildman–Crippen MR) is 140 cm³/mol. The van der Waals surface area contributed by atoms with Gasteiger partial charge in [-0.15, -0.1) is 0 Å². The van der Waals surface area contributed by atoms with Gasteiger partial charge in [-0.05, 0) is 47.9 Å². The van der Waals surface area contributed by atoms with E-state index in [0.717, 1.165) is 22.9 Å². The van der Waals surface area contributed by atoms with Crippen LogP contribution in [-0.4, -0.2) is 32.2 Å². The number of hydrogen-bond donors (Lipinski definition) is 1. The fourth-order valence-electron chi connectivity index (χ4n) is 5.38. The summed E-state index contributed by atoms with van der Waals surface area (Å²) in [4.78, 5) is 41.5. The summed E-state index contributed by atoms with van der Waals surface area (Å²) in [6.45, 7) is -0.593. The molecule has 0 saturated heterocycles. The van der Waals surface area contributed by atoms with E-state index < -0.39 is 71.2 Å². The molecule has 2 aromatic carbocycles. The number of rotatable bonds is 9. The highest BCUT2D eigenvalue weighted by molar-refractivity contribution is 5.94. The number of nitrogens with zero attached hydrogens (tertiary/aromatic N) is 3. The Morgan fingerprint density at radius 2 is 1.72 bits per heavy atom. The lowest BCUT2D eigenvalue weighted by atomic mass is 9.86. The summed E-state index contributed by atoms with van der Waals surface area (Å²) >= 11 is 0. The highest BCUT2D eigenvalue weighted by Gasteiger charge is 2.42. The zero-order valence-electron chi connectivity index (χ0n) is 22.2. The Balaban J connectivity index is 1.53. The van der Waals surface area contributed by atoms with Crippen LogP contribution in [0.25, 0.3) is 11.1 Å². The number of hydrogen-bond acceptors (Lipinski definition) is 5. The molecule has 0 bridgehead atoms. The molecule has 4 aromatic rings. The topological polar surface area (TPSA) is 108 Å². The zero-order valence-corrected chi connectivity index (χ0v) is 22.2. The SMILES string of the molecule is NC(=O)c1cc(-c2cccnc2[C@@H](CC(=O)Cn2nc(C(F)(F)F)c3c2CC(=O)C3)Cc2cc(F)cc(F)c2)ccc1F. The third-order valence-electron chi connectivity index (χ3n) is 7.15. The van der Waals surface area contributed by atoms with Crippen LogP contribution in [0.2, 0.25) is 0 Å². The van der Waals surface area contributed by atoms with Crippen molar-refractivity contribution >= 4 is 17.5 Å². The third kappa shape index (κ3) is 6.35. The predicted octanol–water partition coefficient (Wildman–Crippen LogP) is 5.13. The van der Waals surface area contributed by atoms with Crippen molar-refractivity contribution in [3.05, 3.63) is 106 Å². The van der Waals surface area contributed by atoms with Gasteiger partial charge in [0.15, 0.2) is 11.5 Å². The van der Waals surface area contributed by atoms with Crippen LogP contribution in [0.15, 0.2) is 54.7 Å². The van der Waals surface area contributed by atoms with Crippen molar-refractivity contribution in [2.24, 2.45) is 5.73 Å². The zero-order chi connectivity index (χ0) is 31.1. The maximum atomic E-state index is 14.2. The van der Waals surface area contributed by atoms with Gasteiger partial charge in [0.1, 0.15) is 23.2 Å². The van der Waals surface area contributed by atoms with E-state index in [1.54, 1.807) is 12.1 Å². The number of amides is 1. The number of pyridine rings is 1. The average Bonchev–Trinajstić information content (AvgIpc) is 3.45. The van der Waals surface area contributed by atoms with Crippen molar-refractivity contribution in [1.29, 1.82) is 0 Å². The molecule has 2 N–H and O–H groups in total. The van der Waals surface area contributed by atoms with Gasteiger partial charge in [-0.3, -0.25) is 24.0 Å². The van der Waals surface area contributed by atoms with Gasteiger partial charge in [0, 0.05) is 48.6 Å². The lowest BCUT2D eigenvalue weighted by Gasteiger charge is -2.20. The number of primary amides is 1. The lowest BCUT2D eigenvalue weighted by Crippen LogP contribution is -2.20. The van der Waals surface area contributed by atoms with Crippen LogP contribution in [0.5, 0.6) is 0 Å². The number of aromatic nitrogens is 3. The second kappa shape index (κ2) is 11.5. The Morgan fingerprint density at radius 3 is 2.40 bits per heavy atom. The summed E-state index contributed by atoms with van der Waals surface area (Å²) in [5.74, 6) is -5.49. The van der Waals surface area contributed by atoms with Gasteiger partial charge >= 0.3 is 6.18 Å². The van der Waals surface area contributed by atoms with Crippen LogP contribution in [0.4, 0.5) is 26.3 Å². The Bertz CT molecular complexity index is 1750. The lowest BCUT2D eigenvalue weighted by molar-refractivity contribution is -0.142. The Kier molecular flexibility index (Phi) is 7.91. The number of ketones is 2. The number of halogens is 6. The van der Waals surface area contributed by atoms with Gasteiger partial charge in [0.2, 0.25) is 0 Å². The Morgan fingerprint density at radius 1 is 1.00 bits per heavy atom. The molecule has 0 spiro atoms. The minimum atomic E-state index is -4.82. The molecule has 0 saturated carbocycles. The molecule has 1 amide bonds. The molecule has 2 aromatic heterocycles. The van der Waals surface area contributed by atoms with Crippen molar-refractivity contribution in [3.8, 4) is 11.1 Å². The van der Waals surface area contributed by atoms with E-state index in [9.17, 15) is 40.7 Å². The normalized spacial score (nSPS) is 13.7. The summed E-state index contributed by atoms with van der Waals surface area (Å²) in [6, 6.07) is 9.58. The first-order chi connectivity index (χ1) is 20.3. The summed E-state index contributed by atoms with van der Waals surface area (Å²) in [5.41, 5.74) is 4.54. The summed E-state index contributed by atoms with van der Waals surface area (Å²) in [7, 11) is 0. The number of benzene rings is 2. The number of carbonyl (C=O) groups excluding carboxylic acids is 3. The molecule has 0 aliphatic heterocycles. The Labute approximate surface area is 240 Å². The van der Waals surface area contributed by atoms with E-state index in [1.165, 1.54) is 18.3 Å². The molecule has 222 valence electrons. The maximum absolute atomic E-state index is 14.2. The molecule has 43 heavy (non-hydrogen) atoms. The van der Waals surface area contributed by atoms with Gasteiger partial charge in [-0.1, -0.05) is 12.1 Å². The second-order valence-electron chi connectivity index (χ2n) is 10.2. The van der Waals surface area contributed by atoms with Crippen LogP contribution in [0.1, 0.15) is 50.9 Å². The largest absolute Gasteiger partial charge is 0.435 e. The van der Waals surface area contributed by atoms with Crippen molar-refractivity contribution in [1.82, 2.24) is 14.8 Å². The van der Waals surface area contributed by atoms with E-state index in [4.69, 9.17) is 5.73 Å². The first-order valence-electron chi connectivity index (χ1n) is 13.0. The molecule has 0 fully saturated rings. The molecule has 5 rings (SSSR count). The quantitative estimate of drug-likeness (QED) is 0.268. The van der Waals surface area contributed by atoms with E-state index in [1.807, 2.05) is 0 Å². The highest BCUT2D eigenvalue weighted by Crippen LogP contribution is 2.37. The molecule has 1 aliphatic carbocycles. The first-order valence-corrected chi connectivity index (χ1v) is 13.0. The van der Waals surface area contributed by atoms with Crippen LogP contribution >= 0.6 is 0 Å². The molecule has 13 heteroatoms. The van der Waals surface area contributed by atoms with Crippen molar-refractivity contribution in [3.63, 3.8) is 0 Å². The Hall–Kier alpha value is -4.81. The highest BCUT2D eigenvalue weighted by atomic mass is 19.4. The molecular weight excluding hydrogens is 578 g/mol. The van der Waals surface area contributed by atoms with Crippen LogP contribution < -0.4 is 5.73 Å². The smallest absolute Gasteiger partial charge is 0.366 e. The van der Waals surface area contributed by atoms with Crippen molar-refractivity contribution < 1.29 is 40.7 Å². The number of alkyl halides is 3. The number of carbonyl (C=O) groups is 3. The standard InChI is InChI=1S/C30H22F6N4O3/c31-18-7-15(8-19(32)11-18)6-17(27-22(2-1-5-38-27)16-3-4-25(33)23(10-16)29(37)43)9-21(42)14-40-26-13-20(41)12-24(26)28(39-40)30(34,35)36/h1-5,7-8,10-11,17H,6,9,12-14H2,(H2,37,43)/t17-/m1/s1. The monoisotopic (exact) mass is 600 g/mol. The third-order valence-corrected chi connectivity index (χ3v) is 7.15. The fourth-order valence-corrected chi connectivity index (χ4v) is 5.38. The minimum Gasteiger partial charge on any atom is -0.366 e. The van der Waals surface area contributed by atoms with Crippen LogP contribution in [0.3, 0.4) is 0 Å². The number of fused-ring (bicyclic) bond motifs is 1. The maximum Gasteiger partial charge on any atom is 0.435 e. The van der Waals surface area contributed by atoms with E-state index in [-0.39, 0.29) is 41.8 Å². The van der Waals surface area contributed by atoms with Gasteiger partial charge in [0.25, 0.3) is 5.91 Å². The fraction of sp³-hybridized carbons (Fsp3) is 0.233. The van der Waals surface area contributed by atoms with Gasteiger partial charge < -0.3 is 5.73 Å². The molecule has 7 nitrogen and oxygen atoms in total. The first kappa shape index (κ1) is 29.7. The van der Waals surface area contributed by atoms with E-state index in [2.05, 4.69) is 10.1 Å². The van der Waals surface area contributed by atoms with E-state index >= 15 is 0 Å². The van der Waals surface area contributed by atoms with Gasteiger partial charge in [-0.2, -0.15) is 18.3 Å².